The highest BCUT2D eigenvalue weighted by Gasteiger charge is 2.39. The second kappa shape index (κ2) is 6.15. The first-order chi connectivity index (χ1) is 9.47. The van der Waals surface area contributed by atoms with Gasteiger partial charge in [0.2, 0.25) is 0 Å². The molecule has 0 radical (unpaired) electrons. The van der Waals surface area contributed by atoms with Gasteiger partial charge in [0.15, 0.2) is 5.37 Å². The second-order valence-electron chi connectivity index (χ2n) is 4.03. The Labute approximate surface area is 124 Å². The number of aliphatic carboxylic acids is 1. The first-order valence-electron chi connectivity index (χ1n) is 5.71. The Bertz CT molecular complexity index is 549. The minimum absolute atomic E-state index is 0.175. The van der Waals surface area contributed by atoms with Gasteiger partial charge in [0.1, 0.15) is 0 Å². The summed E-state index contributed by atoms with van der Waals surface area (Å²) in [7, 11) is 0. The van der Waals surface area contributed by atoms with E-state index in [1.165, 1.54) is 0 Å². The van der Waals surface area contributed by atoms with Crippen LogP contribution >= 0.6 is 23.4 Å². The minimum atomic E-state index is -1.30. The molecule has 2 amide bonds. The van der Waals surface area contributed by atoms with E-state index in [1.807, 2.05) is 0 Å². The molecular weight excluding hydrogens is 304 g/mol. The van der Waals surface area contributed by atoms with Crippen LogP contribution in [0.15, 0.2) is 24.3 Å². The standard InChI is InChI=1S/C12H11ClN2O4S/c13-7-1-3-8(4-2-7)14-10-11(18)15(12(19)20-10)6-5-9(16)17/h1-4,10,14H,5-6H2,(H,16,17)/p-1/t10-/m0/s1. The van der Waals surface area contributed by atoms with Crippen molar-refractivity contribution < 1.29 is 19.5 Å². The number of rotatable bonds is 5. The zero-order valence-corrected chi connectivity index (χ0v) is 11.7. The summed E-state index contributed by atoms with van der Waals surface area (Å²) in [6.45, 7) is -0.175. The third-order valence-electron chi connectivity index (χ3n) is 2.61. The number of carboxylic acid groups (broad SMARTS) is 1. The SMILES string of the molecule is O=C([O-])CCN1C(=O)S[C@H](Nc2ccc(Cl)cc2)C1=O. The molecule has 1 aromatic carbocycles. The lowest BCUT2D eigenvalue weighted by molar-refractivity contribution is -0.305. The molecule has 1 aliphatic heterocycles. The number of hydrogen-bond donors (Lipinski definition) is 1. The molecule has 0 bridgehead atoms. The number of imide groups is 1. The average Bonchev–Trinajstić information content (AvgIpc) is 2.65. The Morgan fingerprint density at radius 3 is 2.60 bits per heavy atom. The highest BCUT2D eigenvalue weighted by molar-refractivity contribution is 8.15. The monoisotopic (exact) mass is 313 g/mol. The molecule has 1 saturated heterocycles. The molecule has 1 atom stereocenters. The molecule has 0 aromatic heterocycles. The molecule has 0 unspecified atom stereocenters. The van der Waals surface area contributed by atoms with Gasteiger partial charge in [-0.2, -0.15) is 0 Å². The van der Waals surface area contributed by atoms with Gasteiger partial charge < -0.3 is 15.2 Å². The zero-order chi connectivity index (χ0) is 14.7. The van der Waals surface area contributed by atoms with E-state index in [2.05, 4.69) is 5.32 Å². The molecule has 8 heteroatoms. The Morgan fingerprint density at radius 1 is 1.35 bits per heavy atom. The summed E-state index contributed by atoms with van der Waals surface area (Å²) < 4.78 is 0. The molecule has 20 heavy (non-hydrogen) atoms. The molecule has 1 aliphatic rings. The largest absolute Gasteiger partial charge is 0.550 e. The molecule has 106 valence electrons. The van der Waals surface area contributed by atoms with Crippen LogP contribution in [0.4, 0.5) is 10.5 Å². The van der Waals surface area contributed by atoms with Crippen molar-refractivity contribution >= 4 is 46.2 Å². The van der Waals surface area contributed by atoms with Crippen molar-refractivity contribution in [2.24, 2.45) is 0 Å². The van der Waals surface area contributed by atoms with Gasteiger partial charge >= 0.3 is 0 Å². The maximum absolute atomic E-state index is 12.0. The van der Waals surface area contributed by atoms with Crippen molar-refractivity contribution in [3.05, 3.63) is 29.3 Å². The van der Waals surface area contributed by atoms with Gasteiger partial charge in [0, 0.05) is 29.6 Å². The van der Waals surface area contributed by atoms with Crippen molar-refractivity contribution in [3.8, 4) is 0 Å². The van der Waals surface area contributed by atoms with E-state index in [-0.39, 0.29) is 13.0 Å². The van der Waals surface area contributed by atoms with Crippen LogP contribution in [-0.4, -0.2) is 33.9 Å². The van der Waals surface area contributed by atoms with Crippen LogP contribution in [0.25, 0.3) is 0 Å². The highest BCUT2D eigenvalue weighted by Crippen LogP contribution is 2.28. The first-order valence-corrected chi connectivity index (χ1v) is 6.97. The maximum atomic E-state index is 12.0. The zero-order valence-electron chi connectivity index (χ0n) is 10.2. The molecule has 0 saturated carbocycles. The molecule has 1 aromatic rings. The van der Waals surface area contributed by atoms with Gasteiger partial charge in [0.05, 0.1) is 0 Å². The van der Waals surface area contributed by atoms with Crippen LogP contribution in [0, 0.1) is 0 Å². The molecule has 1 N–H and O–H groups in total. The minimum Gasteiger partial charge on any atom is -0.550 e. The van der Waals surface area contributed by atoms with Crippen LogP contribution in [0.2, 0.25) is 5.02 Å². The molecule has 0 spiro atoms. The van der Waals surface area contributed by atoms with Gasteiger partial charge in [-0.1, -0.05) is 11.6 Å². The van der Waals surface area contributed by atoms with Gasteiger partial charge in [-0.15, -0.1) is 0 Å². The fourth-order valence-corrected chi connectivity index (χ4v) is 2.70. The molecule has 1 fully saturated rings. The van der Waals surface area contributed by atoms with Crippen molar-refractivity contribution in [2.45, 2.75) is 11.8 Å². The fraction of sp³-hybridized carbons (Fsp3) is 0.250. The first kappa shape index (κ1) is 14.7. The summed E-state index contributed by atoms with van der Waals surface area (Å²) in [6, 6.07) is 6.68. The third-order valence-corrected chi connectivity index (χ3v) is 3.84. The van der Waals surface area contributed by atoms with Crippen LogP contribution in [0.3, 0.4) is 0 Å². The van der Waals surface area contributed by atoms with Crippen molar-refractivity contribution in [2.75, 3.05) is 11.9 Å². The fourth-order valence-electron chi connectivity index (χ4n) is 1.64. The molecular formula is C12H10ClN2O4S-. The predicted octanol–water partition coefficient (Wildman–Crippen LogP) is 0.913. The highest BCUT2D eigenvalue weighted by atomic mass is 35.5. The third kappa shape index (κ3) is 3.43. The number of amides is 2. The lowest BCUT2D eigenvalue weighted by Gasteiger charge is -2.15. The van der Waals surface area contributed by atoms with Crippen LogP contribution in [0.1, 0.15) is 6.42 Å². The number of benzene rings is 1. The summed E-state index contributed by atoms with van der Waals surface area (Å²) in [6.07, 6.45) is -0.369. The van der Waals surface area contributed by atoms with Crippen LogP contribution in [0.5, 0.6) is 0 Å². The quantitative estimate of drug-likeness (QED) is 0.869. The molecule has 6 nitrogen and oxygen atoms in total. The van der Waals surface area contributed by atoms with E-state index < -0.39 is 22.5 Å². The summed E-state index contributed by atoms with van der Waals surface area (Å²) in [5.74, 6) is -1.76. The van der Waals surface area contributed by atoms with E-state index >= 15 is 0 Å². The van der Waals surface area contributed by atoms with Crippen LogP contribution in [-0.2, 0) is 9.59 Å². The summed E-state index contributed by atoms with van der Waals surface area (Å²) in [4.78, 5) is 34.9. The van der Waals surface area contributed by atoms with Gasteiger partial charge in [0.25, 0.3) is 11.1 Å². The summed E-state index contributed by atoms with van der Waals surface area (Å²) >= 11 is 6.56. The summed E-state index contributed by atoms with van der Waals surface area (Å²) in [5, 5.41) is 12.6. The number of carboxylic acids is 1. The predicted molar refractivity (Wildman–Crippen MR) is 73.2 cm³/mol. The number of halogens is 1. The second-order valence-corrected chi connectivity index (χ2v) is 5.52. The van der Waals surface area contributed by atoms with E-state index in [0.717, 1.165) is 16.7 Å². The van der Waals surface area contributed by atoms with Crippen molar-refractivity contribution in [3.63, 3.8) is 0 Å². The number of nitrogens with zero attached hydrogens (tertiary/aromatic N) is 1. The topological polar surface area (TPSA) is 89.5 Å². The van der Waals surface area contributed by atoms with Crippen molar-refractivity contribution in [1.82, 2.24) is 4.90 Å². The van der Waals surface area contributed by atoms with Gasteiger partial charge in [-0.3, -0.25) is 14.5 Å². The maximum Gasteiger partial charge on any atom is 0.290 e. The normalized spacial score (nSPS) is 18.4. The van der Waals surface area contributed by atoms with Gasteiger partial charge in [-0.25, -0.2) is 0 Å². The smallest absolute Gasteiger partial charge is 0.290 e. The van der Waals surface area contributed by atoms with E-state index in [4.69, 9.17) is 11.6 Å². The number of hydrogen-bond acceptors (Lipinski definition) is 6. The lowest BCUT2D eigenvalue weighted by Crippen LogP contribution is -2.37. The Hall–Kier alpha value is -1.73. The van der Waals surface area contributed by atoms with E-state index in [9.17, 15) is 19.5 Å². The lowest BCUT2D eigenvalue weighted by atomic mass is 10.3. The number of carbonyl (C=O) groups excluding carboxylic acids is 3. The number of anilines is 1. The van der Waals surface area contributed by atoms with E-state index in [1.54, 1.807) is 24.3 Å². The Morgan fingerprint density at radius 2 is 2.00 bits per heavy atom. The Kier molecular flexibility index (Phi) is 4.51. The number of nitrogens with one attached hydrogen (secondary N) is 1. The number of thioether (sulfide) groups is 1. The van der Waals surface area contributed by atoms with E-state index in [0.29, 0.717) is 10.7 Å². The Balaban J connectivity index is 2.00. The van der Waals surface area contributed by atoms with Crippen molar-refractivity contribution in [1.29, 1.82) is 0 Å². The number of carbonyl (C=O) groups is 3. The molecule has 2 rings (SSSR count). The molecule has 0 aliphatic carbocycles. The van der Waals surface area contributed by atoms with Gasteiger partial charge in [-0.05, 0) is 36.0 Å². The average molecular weight is 314 g/mol. The summed E-state index contributed by atoms with van der Waals surface area (Å²) in [5.41, 5.74) is 0.648. The molecule has 1 heterocycles. The van der Waals surface area contributed by atoms with Crippen LogP contribution < -0.4 is 10.4 Å².